The molecule has 4 N–H and O–H groups in total. The van der Waals surface area contributed by atoms with Gasteiger partial charge in [0.2, 0.25) is 0 Å². The van der Waals surface area contributed by atoms with E-state index in [-0.39, 0.29) is 5.56 Å². The molecule has 0 bridgehead atoms. The standard InChI is InChI=1S/C12H13FN2O7/c13-8-9(19)6(4-16)22-11(8)15-3-5(1-2-7(17)18)10(20)14-12(15)21/h1-3,6,8-9,11,16,19H,4H2,(H,17,18)(H,14,20,21)/t6-,8-,9-,11-/m1/s1. The Morgan fingerprint density at radius 3 is 2.73 bits per heavy atom. The van der Waals surface area contributed by atoms with Gasteiger partial charge in [-0.15, -0.1) is 0 Å². The van der Waals surface area contributed by atoms with Gasteiger partial charge in [0.1, 0.15) is 12.2 Å². The molecule has 0 amide bonds. The molecule has 0 aromatic carbocycles. The lowest BCUT2D eigenvalue weighted by atomic mass is 10.1. The maximum Gasteiger partial charge on any atom is 0.330 e. The molecule has 0 aliphatic carbocycles. The molecule has 1 saturated heterocycles. The van der Waals surface area contributed by atoms with Gasteiger partial charge < -0.3 is 20.1 Å². The topological polar surface area (TPSA) is 142 Å². The summed E-state index contributed by atoms with van der Waals surface area (Å²) >= 11 is 0. The summed E-state index contributed by atoms with van der Waals surface area (Å²) in [6, 6.07) is 0. The number of aliphatic carboxylic acids is 1. The van der Waals surface area contributed by atoms with Crippen molar-refractivity contribution >= 4 is 12.0 Å². The Labute approximate surface area is 121 Å². The summed E-state index contributed by atoms with van der Waals surface area (Å²) in [6.45, 7) is -0.651. The van der Waals surface area contributed by atoms with E-state index < -0.39 is 48.4 Å². The highest BCUT2D eigenvalue weighted by atomic mass is 19.1. The summed E-state index contributed by atoms with van der Waals surface area (Å²) in [7, 11) is 0. The predicted molar refractivity (Wildman–Crippen MR) is 69.9 cm³/mol. The number of aliphatic hydroxyl groups excluding tert-OH is 2. The average Bonchev–Trinajstić information content (AvgIpc) is 2.74. The van der Waals surface area contributed by atoms with E-state index in [1.807, 2.05) is 4.98 Å². The van der Waals surface area contributed by atoms with Crippen molar-refractivity contribution in [1.82, 2.24) is 9.55 Å². The fourth-order valence-electron chi connectivity index (χ4n) is 2.05. The molecule has 0 radical (unpaired) electrons. The highest BCUT2D eigenvalue weighted by molar-refractivity contribution is 5.85. The van der Waals surface area contributed by atoms with Crippen LogP contribution in [-0.4, -0.2) is 55.8 Å². The highest BCUT2D eigenvalue weighted by Gasteiger charge is 2.45. The predicted octanol–water partition coefficient (Wildman–Crippen LogP) is -1.78. The second-order valence-electron chi connectivity index (χ2n) is 4.61. The van der Waals surface area contributed by atoms with Crippen LogP contribution in [0.15, 0.2) is 21.9 Å². The van der Waals surface area contributed by atoms with Crippen LogP contribution in [0.2, 0.25) is 0 Å². The first-order valence-corrected chi connectivity index (χ1v) is 6.20. The first kappa shape index (κ1) is 16.1. The van der Waals surface area contributed by atoms with Crippen LogP contribution in [0.1, 0.15) is 11.8 Å². The fourth-order valence-corrected chi connectivity index (χ4v) is 2.05. The number of aromatic amines is 1. The summed E-state index contributed by atoms with van der Waals surface area (Å²) in [6.07, 6.45) is -3.87. The zero-order valence-electron chi connectivity index (χ0n) is 11.0. The number of aromatic nitrogens is 2. The van der Waals surface area contributed by atoms with E-state index in [0.717, 1.165) is 12.3 Å². The third-order valence-electron chi connectivity index (χ3n) is 3.15. The van der Waals surface area contributed by atoms with Gasteiger partial charge in [0.15, 0.2) is 12.4 Å². The van der Waals surface area contributed by atoms with Gasteiger partial charge in [-0.2, -0.15) is 0 Å². The lowest BCUT2D eigenvalue weighted by Gasteiger charge is -2.16. The molecule has 22 heavy (non-hydrogen) atoms. The third kappa shape index (κ3) is 2.98. The molecular weight excluding hydrogens is 303 g/mol. The van der Waals surface area contributed by atoms with E-state index in [1.165, 1.54) is 0 Å². The van der Waals surface area contributed by atoms with Crippen LogP contribution in [0.5, 0.6) is 0 Å². The summed E-state index contributed by atoms with van der Waals surface area (Å²) in [5, 5.41) is 27.0. The van der Waals surface area contributed by atoms with Crippen molar-refractivity contribution in [3.63, 3.8) is 0 Å². The second-order valence-corrected chi connectivity index (χ2v) is 4.61. The zero-order chi connectivity index (χ0) is 16.4. The summed E-state index contributed by atoms with van der Waals surface area (Å²) in [5.74, 6) is -1.31. The van der Waals surface area contributed by atoms with E-state index in [0.29, 0.717) is 10.6 Å². The van der Waals surface area contributed by atoms with E-state index >= 15 is 0 Å². The molecule has 1 aromatic heterocycles. The fraction of sp³-hybridized carbons (Fsp3) is 0.417. The van der Waals surface area contributed by atoms with Crippen molar-refractivity contribution < 1.29 is 29.2 Å². The monoisotopic (exact) mass is 316 g/mol. The number of nitrogens with zero attached hydrogens (tertiary/aromatic N) is 1. The van der Waals surface area contributed by atoms with Gasteiger partial charge in [-0.05, 0) is 6.08 Å². The molecule has 4 atom stereocenters. The Morgan fingerprint density at radius 2 is 2.18 bits per heavy atom. The smallest absolute Gasteiger partial charge is 0.330 e. The minimum Gasteiger partial charge on any atom is -0.478 e. The van der Waals surface area contributed by atoms with Gasteiger partial charge in [0.25, 0.3) is 5.56 Å². The van der Waals surface area contributed by atoms with Crippen molar-refractivity contribution in [1.29, 1.82) is 0 Å². The van der Waals surface area contributed by atoms with Gasteiger partial charge in [-0.25, -0.2) is 14.0 Å². The first-order chi connectivity index (χ1) is 10.3. The van der Waals surface area contributed by atoms with Crippen molar-refractivity contribution in [2.24, 2.45) is 0 Å². The van der Waals surface area contributed by atoms with E-state index in [2.05, 4.69) is 0 Å². The number of halogens is 1. The molecule has 2 heterocycles. The SMILES string of the molecule is O=C(O)C=Cc1cn([C@@H]2O[C@H](CO)[C@@H](O)[C@H]2F)c(=O)[nH]c1=O. The molecule has 0 spiro atoms. The summed E-state index contributed by atoms with van der Waals surface area (Å²) < 4.78 is 19.7. The van der Waals surface area contributed by atoms with Gasteiger partial charge in [-0.3, -0.25) is 14.3 Å². The number of H-pyrrole nitrogens is 1. The number of hydrogen-bond donors (Lipinski definition) is 4. The summed E-state index contributed by atoms with van der Waals surface area (Å²) in [5.41, 5.74) is -2.05. The minimum absolute atomic E-state index is 0.209. The maximum absolute atomic E-state index is 14.0. The molecule has 0 unspecified atom stereocenters. The first-order valence-electron chi connectivity index (χ1n) is 6.20. The molecule has 1 fully saturated rings. The average molecular weight is 316 g/mol. The Kier molecular flexibility index (Phi) is 4.54. The van der Waals surface area contributed by atoms with E-state index in [4.69, 9.17) is 14.9 Å². The molecular formula is C12H13FN2O7. The third-order valence-corrected chi connectivity index (χ3v) is 3.15. The number of alkyl halides is 1. The minimum atomic E-state index is -2.00. The number of carboxylic acids is 1. The van der Waals surface area contributed by atoms with Crippen LogP contribution in [-0.2, 0) is 9.53 Å². The Hall–Kier alpha value is -2.30. The zero-order valence-corrected chi connectivity index (χ0v) is 11.0. The molecule has 0 saturated carbocycles. The van der Waals surface area contributed by atoms with E-state index in [9.17, 15) is 23.9 Å². The van der Waals surface area contributed by atoms with Crippen molar-refractivity contribution in [3.8, 4) is 0 Å². The maximum atomic E-state index is 14.0. The van der Waals surface area contributed by atoms with Gasteiger partial charge in [0.05, 0.1) is 12.2 Å². The van der Waals surface area contributed by atoms with Crippen LogP contribution < -0.4 is 11.2 Å². The number of aliphatic hydroxyl groups is 2. The van der Waals surface area contributed by atoms with E-state index in [1.54, 1.807) is 0 Å². The number of carboxylic acid groups (broad SMARTS) is 1. The number of ether oxygens (including phenoxy) is 1. The summed E-state index contributed by atoms with van der Waals surface area (Å²) in [4.78, 5) is 35.6. The molecule has 1 aliphatic rings. The Balaban J connectivity index is 2.44. The highest BCUT2D eigenvalue weighted by Crippen LogP contribution is 2.30. The lowest BCUT2D eigenvalue weighted by molar-refractivity contribution is -0.131. The molecule has 10 heteroatoms. The Morgan fingerprint density at radius 1 is 1.50 bits per heavy atom. The largest absolute Gasteiger partial charge is 0.478 e. The second kappa shape index (κ2) is 6.22. The van der Waals surface area contributed by atoms with Crippen LogP contribution in [0.3, 0.4) is 0 Å². The number of rotatable bonds is 4. The Bertz CT molecular complexity index is 710. The lowest BCUT2D eigenvalue weighted by Crippen LogP contribution is -2.36. The number of carbonyl (C=O) groups is 1. The van der Waals surface area contributed by atoms with Crippen molar-refractivity contribution in [2.45, 2.75) is 24.6 Å². The quantitative estimate of drug-likeness (QED) is 0.481. The number of nitrogens with one attached hydrogen (secondary N) is 1. The van der Waals surface area contributed by atoms with Crippen LogP contribution in [0.4, 0.5) is 4.39 Å². The van der Waals surface area contributed by atoms with Crippen molar-refractivity contribution in [3.05, 3.63) is 38.7 Å². The van der Waals surface area contributed by atoms with Gasteiger partial charge in [0, 0.05) is 12.3 Å². The molecule has 120 valence electrons. The normalized spacial score (nSPS) is 28.3. The van der Waals surface area contributed by atoms with Crippen molar-refractivity contribution in [2.75, 3.05) is 6.61 Å². The molecule has 1 aromatic rings. The molecule has 1 aliphatic heterocycles. The van der Waals surface area contributed by atoms with Crippen LogP contribution in [0, 0.1) is 0 Å². The molecule has 9 nitrogen and oxygen atoms in total. The van der Waals surface area contributed by atoms with Gasteiger partial charge >= 0.3 is 11.7 Å². The van der Waals surface area contributed by atoms with Crippen LogP contribution >= 0.6 is 0 Å². The molecule has 2 rings (SSSR count). The van der Waals surface area contributed by atoms with Crippen LogP contribution in [0.25, 0.3) is 6.08 Å². The van der Waals surface area contributed by atoms with Gasteiger partial charge in [-0.1, -0.05) is 0 Å². The number of hydrogen-bond acceptors (Lipinski definition) is 6.